The van der Waals surface area contributed by atoms with E-state index in [0.29, 0.717) is 0 Å². The molecule has 4 aliphatic rings. The third-order valence-corrected chi connectivity index (χ3v) is 8.70. The number of allylic oxidation sites excluding steroid dienone is 5. The van der Waals surface area contributed by atoms with Crippen LogP contribution in [0.3, 0.4) is 0 Å². The lowest BCUT2D eigenvalue weighted by molar-refractivity contribution is 0.147. The molecule has 162 valence electrons. The zero-order valence-electron chi connectivity index (χ0n) is 18.8. The lowest BCUT2D eigenvalue weighted by Crippen LogP contribution is -2.28. The summed E-state index contributed by atoms with van der Waals surface area (Å²) in [5, 5.41) is 7.03. The summed E-state index contributed by atoms with van der Waals surface area (Å²) in [7, 11) is 0. The van der Waals surface area contributed by atoms with Crippen LogP contribution < -0.4 is 10.6 Å². The molecule has 0 radical (unpaired) electrons. The predicted molar refractivity (Wildman–Crippen MR) is 125 cm³/mol. The first kappa shape index (κ1) is 21.4. The summed E-state index contributed by atoms with van der Waals surface area (Å²) in [5.74, 6) is 5.57. The average Bonchev–Trinajstić information content (AvgIpc) is 3.43. The topological polar surface area (TPSA) is 24.1 Å². The number of rotatable bonds is 8. The highest BCUT2D eigenvalue weighted by molar-refractivity contribution is 5.32. The van der Waals surface area contributed by atoms with Gasteiger partial charge in [0.25, 0.3) is 0 Å². The highest BCUT2D eigenvalue weighted by atomic mass is 15.2. The van der Waals surface area contributed by atoms with Crippen molar-refractivity contribution in [2.45, 2.75) is 83.6 Å². The van der Waals surface area contributed by atoms with E-state index < -0.39 is 0 Å². The van der Waals surface area contributed by atoms with Gasteiger partial charge in [-0.25, -0.2) is 0 Å². The Morgan fingerprint density at radius 2 is 1.93 bits per heavy atom. The van der Waals surface area contributed by atoms with E-state index in [2.05, 4.69) is 42.4 Å². The van der Waals surface area contributed by atoms with Crippen molar-refractivity contribution in [2.75, 3.05) is 13.2 Å². The van der Waals surface area contributed by atoms with Gasteiger partial charge < -0.3 is 10.6 Å². The van der Waals surface area contributed by atoms with Crippen molar-refractivity contribution in [1.82, 2.24) is 10.6 Å². The Labute approximate surface area is 179 Å². The molecule has 2 saturated carbocycles. The maximum absolute atomic E-state index is 3.96. The molecule has 1 aliphatic heterocycles. The second kappa shape index (κ2) is 10.4. The van der Waals surface area contributed by atoms with Gasteiger partial charge in [-0.05, 0) is 86.0 Å². The fourth-order valence-corrected chi connectivity index (χ4v) is 6.77. The van der Waals surface area contributed by atoms with Crippen molar-refractivity contribution in [3.8, 4) is 0 Å². The molecule has 0 bridgehead atoms. The van der Waals surface area contributed by atoms with Crippen LogP contribution in [-0.4, -0.2) is 19.3 Å². The molecule has 0 aromatic carbocycles. The van der Waals surface area contributed by atoms with Gasteiger partial charge in [0.15, 0.2) is 0 Å². The van der Waals surface area contributed by atoms with Gasteiger partial charge in [0.1, 0.15) is 0 Å². The molecule has 0 amide bonds. The molecule has 0 spiro atoms. The van der Waals surface area contributed by atoms with Crippen LogP contribution in [-0.2, 0) is 0 Å². The molecule has 5 atom stereocenters. The largest absolute Gasteiger partial charge is 0.303 e. The lowest BCUT2D eigenvalue weighted by atomic mass is 9.67. The van der Waals surface area contributed by atoms with Gasteiger partial charge in [0, 0.05) is 19.3 Å². The van der Waals surface area contributed by atoms with Gasteiger partial charge in [-0.3, -0.25) is 0 Å². The molecule has 5 unspecified atom stereocenters. The molecule has 1 heterocycles. The quantitative estimate of drug-likeness (QED) is 0.509. The van der Waals surface area contributed by atoms with Crippen LogP contribution in [0.5, 0.6) is 0 Å². The van der Waals surface area contributed by atoms with E-state index in [0.717, 1.165) is 48.2 Å². The summed E-state index contributed by atoms with van der Waals surface area (Å²) in [6.45, 7) is 8.61. The summed E-state index contributed by atoms with van der Waals surface area (Å²) < 4.78 is 0. The Kier molecular flexibility index (Phi) is 7.70. The Balaban J connectivity index is 1.32. The maximum Gasteiger partial charge on any atom is 0.0457 e. The van der Waals surface area contributed by atoms with Gasteiger partial charge in [-0.1, -0.05) is 63.5 Å². The first-order chi connectivity index (χ1) is 14.2. The Hall–Kier alpha value is -0.860. The molecule has 0 aromatic heterocycles. The fourth-order valence-electron chi connectivity index (χ4n) is 6.77. The molecule has 1 saturated heterocycles. The Bertz CT molecular complexity index is 577. The van der Waals surface area contributed by atoms with Crippen molar-refractivity contribution in [3.63, 3.8) is 0 Å². The Morgan fingerprint density at radius 1 is 1.10 bits per heavy atom. The van der Waals surface area contributed by atoms with E-state index in [1.54, 1.807) is 0 Å². The summed E-state index contributed by atoms with van der Waals surface area (Å²) in [5.41, 5.74) is 1.33. The van der Waals surface area contributed by atoms with Crippen molar-refractivity contribution in [1.29, 1.82) is 0 Å². The van der Waals surface area contributed by atoms with Crippen LogP contribution in [0, 0.1) is 35.5 Å². The maximum atomic E-state index is 3.96. The first-order valence-electron chi connectivity index (χ1n) is 12.7. The fraction of sp³-hybridized carbons (Fsp3) is 0.778. The van der Waals surface area contributed by atoms with Crippen LogP contribution in [0.2, 0.25) is 0 Å². The van der Waals surface area contributed by atoms with Gasteiger partial charge in [-0.15, -0.1) is 0 Å². The molecule has 0 aromatic rings. The van der Waals surface area contributed by atoms with Crippen LogP contribution in [0.25, 0.3) is 0 Å². The van der Waals surface area contributed by atoms with Crippen LogP contribution in [0.4, 0.5) is 0 Å². The van der Waals surface area contributed by atoms with Gasteiger partial charge >= 0.3 is 0 Å². The molecule has 2 N–H and O–H groups in total. The molecule has 29 heavy (non-hydrogen) atoms. The minimum Gasteiger partial charge on any atom is -0.303 e. The molecule has 2 nitrogen and oxygen atoms in total. The van der Waals surface area contributed by atoms with Crippen molar-refractivity contribution >= 4 is 0 Å². The third-order valence-electron chi connectivity index (χ3n) is 8.70. The van der Waals surface area contributed by atoms with E-state index in [1.165, 1.54) is 82.7 Å². The summed E-state index contributed by atoms with van der Waals surface area (Å²) in [4.78, 5) is 0. The average molecular weight is 397 g/mol. The minimum absolute atomic E-state index is 0.726. The SMILES string of the molecule is C=CC1=CCC(C(CC2CCC(CCC3CNCN3)C2)C2CCC(C)CC2)C=C1. The normalized spacial score (nSPS) is 38.7. The van der Waals surface area contributed by atoms with Crippen molar-refractivity contribution in [2.24, 2.45) is 35.5 Å². The zero-order valence-corrected chi connectivity index (χ0v) is 18.8. The van der Waals surface area contributed by atoms with Gasteiger partial charge in [-0.2, -0.15) is 0 Å². The number of hydrogen-bond acceptors (Lipinski definition) is 2. The smallest absolute Gasteiger partial charge is 0.0457 e. The molecular formula is C27H44N2. The molecule has 3 aliphatic carbocycles. The van der Waals surface area contributed by atoms with E-state index >= 15 is 0 Å². The number of hydrogen-bond donors (Lipinski definition) is 2. The van der Waals surface area contributed by atoms with E-state index in [9.17, 15) is 0 Å². The van der Waals surface area contributed by atoms with Crippen LogP contribution in [0.15, 0.2) is 36.5 Å². The van der Waals surface area contributed by atoms with Crippen molar-refractivity contribution < 1.29 is 0 Å². The summed E-state index contributed by atoms with van der Waals surface area (Å²) in [6.07, 6.45) is 25.2. The van der Waals surface area contributed by atoms with E-state index in [-0.39, 0.29) is 0 Å². The first-order valence-corrected chi connectivity index (χ1v) is 12.7. The molecular weight excluding hydrogens is 352 g/mol. The lowest BCUT2D eigenvalue weighted by Gasteiger charge is -2.38. The monoisotopic (exact) mass is 396 g/mol. The van der Waals surface area contributed by atoms with Crippen LogP contribution >= 0.6 is 0 Å². The second-order valence-corrected chi connectivity index (χ2v) is 10.7. The third kappa shape index (κ3) is 5.85. The minimum atomic E-state index is 0.726. The summed E-state index contributed by atoms with van der Waals surface area (Å²) in [6, 6.07) is 0.726. The summed E-state index contributed by atoms with van der Waals surface area (Å²) >= 11 is 0. The highest BCUT2D eigenvalue weighted by Gasteiger charge is 2.35. The highest BCUT2D eigenvalue weighted by Crippen LogP contribution is 2.46. The van der Waals surface area contributed by atoms with Gasteiger partial charge in [0.2, 0.25) is 0 Å². The van der Waals surface area contributed by atoms with E-state index in [4.69, 9.17) is 0 Å². The van der Waals surface area contributed by atoms with Crippen LogP contribution in [0.1, 0.15) is 77.6 Å². The standard InChI is InChI=1S/C27H44N2/c1-3-21-8-13-25(14-9-21)27(24-11-4-20(2)5-12-24)17-23-7-6-22(16-23)10-15-26-18-28-19-29-26/h3,8-9,13,20,22-29H,1,4-7,10-12,14-19H2,2H3. The Morgan fingerprint density at radius 3 is 2.62 bits per heavy atom. The second-order valence-electron chi connectivity index (χ2n) is 10.7. The molecule has 3 fully saturated rings. The van der Waals surface area contributed by atoms with Gasteiger partial charge in [0.05, 0.1) is 0 Å². The number of nitrogens with one attached hydrogen (secondary N) is 2. The predicted octanol–water partition coefficient (Wildman–Crippen LogP) is 6.22. The zero-order chi connectivity index (χ0) is 20.1. The molecule has 2 heteroatoms. The van der Waals surface area contributed by atoms with E-state index in [1.807, 2.05) is 6.08 Å². The molecule has 4 rings (SSSR count). The van der Waals surface area contributed by atoms with Crippen molar-refractivity contribution in [3.05, 3.63) is 36.5 Å².